The number of rotatable bonds is 8. The highest BCUT2D eigenvalue weighted by Crippen LogP contribution is 2.26. The minimum atomic E-state index is -3.43. The fourth-order valence-corrected chi connectivity index (χ4v) is 4.84. The second-order valence-electron chi connectivity index (χ2n) is 4.45. The van der Waals surface area contributed by atoms with E-state index in [1.807, 2.05) is 27.0 Å². The number of nitrogens with one attached hydrogen (secondary N) is 1. The molecular formula is C12H22N2O3S2. The molecule has 0 saturated heterocycles. The molecule has 1 aromatic rings. The van der Waals surface area contributed by atoms with Gasteiger partial charge >= 0.3 is 0 Å². The topological polar surface area (TPSA) is 58.6 Å². The van der Waals surface area contributed by atoms with E-state index in [1.54, 1.807) is 13.2 Å². The number of hydrogen-bond acceptors (Lipinski definition) is 5. The van der Waals surface area contributed by atoms with E-state index >= 15 is 0 Å². The van der Waals surface area contributed by atoms with E-state index in [1.165, 1.54) is 15.6 Å². The van der Waals surface area contributed by atoms with Gasteiger partial charge in [0.15, 0.2) is 0 Å². The van der Waals surface area contributed by atoms with E-state index in [4.69, 9.17) is 4.74 Å². The Morgan fingerprint density at radius 2 is 2.11 bits per heavy atom. The van der Waals surface area contributed by atoms with Crippen molar-refractivity contribution in [2.24, 2.45) is 0 Å². The van der Waals surface area contributed by atoms with E-state index < -0.39 is 10.0 Å². The lowest BCUT2D eigenvalue weighted by Crippen LogP contribution is -2.38. The Hall–Kier alpha value is -0.470. The van der Waals surface area contributed by atoms with Gasteiger partial charge in [-0.25, -0.2) is 8.42 Å². The lowest BCUT2D eigenvalue weighted by Gasteiger charge is -2.24. The summed E-state index contributed by atoms with van der Waals surface area (Å²) in [4.78, 5) is 1.01. The van der Waals surface area contributed by atoms with Gasteiger partial charge < -0.3 is 10.1 Å². The van der Waals surface area contributed by atoms with Crippen LogP contribution in [0.5, 0.6) is 0 Å². The average Bonchev–Trinajstić information content (AvgIpc) is 2.78. The first-order chi connectivity index (χ1) is 8.93. The molecule has 1 rings (SSSR count). The highest BCUT2D eigenvalue weighted by atomic mass is 32.2. The number of methoxy groups -OCH3 is 1. The molecule has 110 valence electrons. The maximum absolute atomic E-state index is 12.6. The van der Waals surface area contributed by atoms with Crippen LogP contribution in [0.25, 0.3) is 0 Å². The molecule has 0 amide bonds. The molecule has 0 bridgehead atoms. The fourth-order valence-electron chi connectivity index (χ4n) is 1.72. The van der Waals surface area contributed by atoms with Crippen LogP contribution in [-0.2, 0) is 21.3 Å². The van der Waals surface area contributed by atoms with E-state index in [2.05, 4.69) is 5.32 Å². The standard InChI is InChI=1S/C12H22N2O3S2/c1-10(2)14(7-8-17-4)19(15,16)12-6-5-11(18-12)9-13-3/h5-6,10,13H,7-9H2,1-4H3. The van der Waals surface area contributed by atoms with Crippen molar-refractivity contribution in [3.63, 3.8) is 0 Å². The smallest absolute Gasteiger partial charge is 0.252 e. The van der Waals surface area contributed by atoms with Crippen molar-refractivity contribution < 1.29 is 13.2 Å². The molecule has 0 unspecified atom stereocenters. The van der Waals surface area contributed by atoms with Crippen LogP contribution in [0, 0.1) is 0 Å². The molecule has 1 heterocycles. The van der Waals surface area contributed by atoms with Crippen LogP contribution in [0.1, 0.15) is 18.7 Å². The Morgan fingerprint density at radius 3 is 2.63 bits per heavy atom. The maximum atomic E-state index is 12.6. The largest absolute Gasteiger partial charge is 0.383 e. The van der Waals surface area contributed by atoms with Gasteiger partial charge in [0.2, 0.25) is 0 Å². The fraction of sp³-hybridized carbons (Fsp3) is 0.667. The molecule has 0 atom stereocenters. The first-order valence-electron chi connectivity index (χ1n) is 6.17. The first-order valence-corrected chi connectivity index (χ1v) is 8.43. The molecule has 0 aliphatic carbocycles. The molecule has 0 aliphatic heterocycles. The van der Waals surface area contributed by atoms with Gasteiger partial charge in [-0.15, -0.1) is 11.3 Å². The molecular weight excluding hydrogens is 284 g/mol. The third-order valence-corrected chi connectivity index (χ3v) is 6.27. The molecule has 0 radical (unpaired) electrons. The summed E-state index contributed by atoms with van der Waals surface area (Å²) in [5.41, 5.74) is 0. The van der Waals surface area contributed by atoms with Crippen molar-refractivity contribution in [3.8, 4) is 0 Å². The molecule has 0 spiro atoms. The van der Waals surface area contributed by atoms with Crippen LogP contribution >= 0.6 is 11.3 Å². The van der Waals surface area contributed by atoms with Gasteiger partial charge in [-0.05, 0) is 33.0 Å². The van der Waals surface area contributed by atoms with E-state index in [0.717, 1.165) is 4.88 Å². The average molecular weight is 306 g/mol. The van der Waals surface area contributed by atoms with Crippen molar-refractivity contribution >= 4 is 21.4 Å². The number of ether oxygens (including phenoxy) is 1. The predicted octanol–water partition coefficient (Wildman–Crippen LogP) is 1.51. The third kappa shape index (κ3) is 4.25. The molecule has 0 aromatic carbocycles. The number of sulfonamides is 1. The summed E-state index contributed by atoms with van der Waals surface area (Å²) >= 11 is 1.31. The molecule has 1 N–H and O–H groups in total. The van der Waals surface area contributed by atoms with Crippen molar-refractivity contribution in [3.05, 3.63) is 17.0 Å². The highest BCUT2D eigenvalue weighted by molar-refractivity contribution is 7.91. The summed E-state index contributed by atoms with van der Waals surface area (Å²) in [6, 6.07) is 3.44. The molecule has 0 aliphatic rings. The summed E-state index contributed by atoms with van der Waals surface area (Å²) in [5, 5.41) is 3.02. The minimum absolute atomic E-state index is 0.0880. The number of hydrogen-bond donors (Lipinski definition) is 1. The molecule has 7 heteroatoms. The quantitative estimate of drug-likeness (QED) is 0.791. The van der Waals surface area contributed by atoms with Crippen LogP contribution < -0.4 is 5.32 Å². The zero-order valence-corrected chi connectivity index (χ0v) is 13.5. The van der Waals surface area contributed by atoms with Gasteiger partial charge in [0.05, 0.1) is 6.61 Å². The zero-order valence-electron chi connectivity index (χ0n) is 11.8. The third-order valence-electron chi connectivity index (χ3n) is 2.64. The van der Waals surface area contributed by atoms with Crippen molar-refractivity contribution in [1.29, 1.82) is 0 Å². The molecule has 0 fully saturated rings. The zero-order chi connectivity index (χ0) is 14.5. The Kier molecular flexibility index (Phi) is 6.41. The van der Waals surface area contributed by atoms with Crippen molar-refractivity contribution in [1.82, 2.24) is 9.62 Å². The van der Waals surface area contributed by atoms with Crippen LogP contribution in [0.2, 0.25) is 0 Å². The van der Waals surface area contributed by atoms with Crippen LogP contribution in [-0.4, -0.2) is 46.1 Å². The molecule has 0 saturated carbocycles. The molecule has 19 heavy (non-hydrogen) atoms. The Bertz CT molecular complexity index is 483. The summed E-state index contributed by atoms with van der Waals surface area (Å²) in [7, 11) is -0.0151. The summed E-state index contributed by atoms with van der Waals surface area (Å²) in [6.07, 6.45) is 0. The lowest BCUT2D eigenvalue weighted by atomic mass is 10.4. The van der Waals surface area contributed by atoms with E-state index in [9.17, 15) is 8.42 Å². The van der Waals surface area contributed by atoms with Crippen LogP contribution in [0.15, 0.2) is 16.3 Å². The summed E-state index contributed by atoms with van der Waals surface area (Å²) in [5.74, 6) is 0. The highest BCUT2D eigenvalue weighted by Gasteiger charge is 2.28. The van der Waals surface area contributed by atoms with Gasteiger partial charge in [-0.2, -0.15) is 4.31 Å². The van der Waals surface area contributed by atoms with Crippen LogP contribution in [0.4, 0.5) is 0 Å². The Morgan fingerprint density at radius 1 is 1.42 bits per heavy atom. The van der Waals surface area contributed by atoms with Gasteiger partial charge in [0, 0.05) is 31.1 Å². The van der Waals surface area contributed by atoms with Gasteiger partial charge in [-0.3, -0.25) is 0 Å². The number of thiophene rings is 1. The van der Waals surface area contributed by atoms with Crippen LogP contribution in [0.3, 0.4) is 0 Å². The molecule has 5 nitrogen and oxygen atoms in total. The normalized spacial score (nSPS) is 12.5. The molecule has 1 aromatic heterocycles. The predicted molar refractivity (Wildman–Crippen MR) is 78.0 cm³/mol. The number of nitrogens with zero attached hydrogens (tertiary/aromatic N) is 1. The van der Waals surface area contributed by atoms with E-state index in [0.29, 0.717) is 23.9 Å². The Balaban J connectivity index is 2.97. The summed E-state index contributed by atoms with van der Waals surface area (Å²) in [6.45, 7) is 5.19. The minimum Gasteiger partial charge on any atom is -0.383 e. The summed E-state index contributed by atoms with van der Waals surface area (Å²) < 4.78 is 32.0. The second-order valence-corrected chi connectivity index (χ2v) is 7.74. The maximum Gasteiger partial charge on any atom is 0.252 e. The van der Waals surface area contributed by atoms with Gasteiger partial charge in [0.25, 0.3) is 10.0 Å². The van der Waals surface area contributed by atoms with Gasteiger partial charge in [0.1, 0.15) is 4.21 Å². The Labute approximate surface area is 119 Å². The monoisotopic (exact) mass is 306 g/mol. The van der Waals surface area contributed by atoms with Crippen molar-refractivity contribution in [2.45, 2.75) is 30.6 Å². The van der Waals surface area contributed by atoms with Gasteiger partial charge in [-0.1, -0.05) is 0 Å². The van der Waals surface area contributed by atoms with E-state index in [-0.39, 0.29) is 6.04 Å². The second kappa shape index (κ2) is 7.35. The lowest BCUT2D eigenvalue weighted by molar-refractivity contribution is 0.171. The first kappa shape index (κ1) is 16.6. The van der Waals surface area contributed by atoms with Crippen molar-refractivity contribution in [2.75, 3.05) is 27.3 Å². The SMILES string of the molecule is CNCc1ccc(S(=O)(=O)N(CCOC)C(C)C)s1.